The van der Waals surface area contributed by atoms with Gasteiger partial charge in [-0.25, -0.2) is 0 Å². The average molecular weight is 740 g/mol. The van der Waals surface area contributed by atoms with E-state index in [1.165, 1.54) is 4.90 Å². The van der Waals surface area contributed by atoms with Crippen LogP contribution in [-0.4, -0.2) is 179 Å². The second kappa shape index (κ2) is 20.6. The van der Waals surface area contributed by atoms with Crippen molar-refractivity contribution in [1.29, 1.82) is 0 Å². The molecule has 1 rings (SSSR count). The molecule has 0 aromatic heterocycles. The third-order valence-electron chi connectivity index (χ3n) is 8.30. The van der Waals surface area contributed by atoms with E-state index < -0.39 is 129 Å². The number of nitrogens with zero attached hydrogens (tertiary/aromatic N) is 3. The van der Waals surface area contributed by atoms with Gasteiger partial charge in [-0.1, -0.05) is 0 Å². The Labute approximate surface area is 289 Å². The SMILES string of the molecule is NC1(N)CCCC(CC(=O)O)(CC(=O)O)C1(CC(=O)O)CC(=O)O.O=C(O)CN(CCN(CC(=O)O)CC(=O)O)CCN(CC(=O)O)CC(=O)O. The van der Waals surface area contributed by atoms with Gasteiger partial charge in [-0.2, -0.15) is 0 Å². The molecule has 0 bridgehead atoms. The van der Waals surface area contributed by atoms with Crippen molar-refractivity contribution < 1.29 is 89.1 Å². The number of carbonyl (C=O) groups is 9. The molecule has 51 heavy (non-hydrogen) atoms. The summed E-state index contributed by atoms with van der Waals surface area (Å²) >= 11 is 0. The molecule has 0 spiro atoms. The smallest absolute Gasteiger partial charge is 0.317 e. The maximum Gasteiger partial charge on any atom is 0.317 e. The molecule has 0 radical (unpaired) electrons. The molecule has 0 amide bonds. The third kappa shape index (κ3) is 16.5. The van der Waals surface area contributed by atoms with E-state index in [0.29, 0.717) is 0 Å². The summed E-state index contributed by atoms with van der Waals surface area (Å²) in [5, 5.41) is 81.2. The highest BCUT2D eigenvalue weighted by molar-refractivity contribution is 5.77. The van der Waals surface area contributed by atoms with Crippen LogP contribution < -0.4 is 11.5 Å². The minimum absolute atomic E-state index is 0.000836. The molecule has 0 unspecified atom stereocenters. The molecule has 1 fully saturated rings. The van der Waals surface area contributed by atoms with E-state index >= 15 is 0 Å². The van der Waals surface area contributed by atoms with Crippen molar-refractivity contribution in [3.05, 3.63) is 0 Å². The summed E-state index contributed by atoms with van der Waals surface area (Å²) in [6.07, 6.45) is -2.75. The van der Waals surface area contributed by atoms with E-state index in [9.17, 15) is 63.6 Å². The Balaban J connectivity index is 0.000000986. The summed E-state index contributed by atoms with van der Waals surface area (Å²) in [6, 6.07) is 0. The molecular formula is C28H45N5O18. The van der Waals surface area contributed by atoms with Gasteiger partial charge in [-0.3, -0.25) is 57.9 Å². The third-order valence-corrected chi connectivity index (χ3v) is 8.30. The van der Waals surface area contributed by atoms with Crippen molar-refractivity contribution in [2.24, 2.45) is 22.3 Å². The maximum absolute atomic E-state index is 11.4. The predicted octanol–water partition coefficient (Wildman–Crippen LogP) is -3.03. The fourth-order valence-corrected chi connectivity index (χ4v) is 6.35. The van der Waals surface area contributed by atoms with Crippen molar-refractivity contribution in [3.63, 3.8) is 0 Å². The number of rotatable bonds is 24. The van der Waals surface area contributed by atoms with Gasteiger partial charge >= 0.3 is 53.7 Å². The molecule has 0 atom stereocenters. The topological polar surface area (TPSA) is 397 Å². The number of aliphatic carboxylic acids is 9. The Hall–Kier alpha value is -4.97. The van der Waals surface area contributed by atoms with Gasteiger partial charge in [0, 0.05) is 37.0 Å². The Morgan fingerprint density at radius 1 is 0.412 bits per heavy atom. The van der Waals surface area contributed by atoms with Crippen molar-refractivity contribution in [2.75, 3.05) is 58.9 Å². The first-order chi connectivity index (χ1) is 23.4. The predicted molar refractivity (Wildman–Crippen MR) is 166 cm³/mol. The Morgan fingerprint density at radius 2 is 0.686 bits per heavy atom. The van der Waals surface area contributed by atoms with E-state index in [-0.39, 0.29) is 45.4 Å². The Morgan fingerprint density at radius 3 is 0.961 bits per heavy atom. The first kappa shape index (κ1) is 46.0. The molecule has 0 aromatic carbocycles. The Bertz CT molecular complexity index is 1200. The van der Waals surface area contributed by atoms with E-state index in [1.807, 2.05) is 0 Å². The van der Waals surface area contributed by atoms with Crippen LogP contribution in [-0.2, 0) is 43.2 Å². The van der Waals surface area contributed by atoms with Crippen LogP contribution >= 0.6 is 0 Å². The Kier molecular flexibility index (Phi) is 18.6. The lowest BCUT2D eigenvalue weighted by atomic mass is 9.46. The highest BCUT2D eigenvalue weighted by Crippen LogP contribution is 2.60. The standard InChI is InChI=1S/C14H23N3O10.C14H22N2O8/c18-10(19)5-15(1-3-16(6-11(20)21)7-12(22)23)2-4-17(8-13(24)25)9-14(26)27;15-14(16)3-1-2-12(4-8(17)18,5-9(19)20)13(14,6-10(21)22)7-11(23)24/h1-9H2,(H,18,19)(H,20,21)(H,22,23)(H,24,25)(H,26,27);1-7,15-16H2,(H,17,18)(H,19,20)(H,21,22)(H,23,24). The molecule has 23 nitrogen and oxygen atoms in total. The van der Waals surface area contributed by atoms with Crippen LogP contribution in [0.2, 0.25) is 0 Å². The number of hydrogen-bond acceptors (Lipinski definition) is 14. The summed E-state index contributed by atoms with van der Waals surface area (Å²) in [5.41, 5.74) is 6.68. The monoisotopic (exact) mass is 739 g/mol. The van der Waals surface area contributed by atoms with Crippen LogP contribution in [0.3, 0.4) is 0 Å². The molecular weight excluding hydrogens is 694 g/mol. The molecule has 13 N–H and O–H groups in total. The van der Waals surface area contributed by atoms with Crippen LogP contribution in [0.25, 0.3) is 0 Å². The highest BCUT2D eigenvalue weighted by atomic mass is 16.4. The van der Waals surface area contributed by atoms with E-state index in [1.54, 1.807) is 0 Å². The second-order valence-corrected chi connectivity index (χ2v) is 12.2. The normalized spacial score (nSPS) is 15.7. The summed E-state index contributed by atoms with van der Waals surface area (Å²) in [6.45, 7) is -2.74. The van der Waals surface area contributed by atoms with Crippen LogP contribution in [0.1, 0.15) is 44.9 Å². The highest BCUT2D eigenvalue weighted by Gasteiger charge is 2.64. The van der Waals surface area contributed by atoms with E-state index in [4.69, 9.17) is 37.0 Å². The zero-order valence-corrected chi connectivity index (χ0v) is 27.5. The van der Waals surface area contributed by atoms with Crippen molar-refractivity contribution in [2.45, 2.75) is 50.6 Å². The lowest BCUT2D eigenvalue weighted by Crippen LogP contribution is -2.72. The second-order valence-electron chi connectivity index (χ2n) is 12.2. The van der Waals surface area contributed by atoms with Gasteiger partial charge in [0.05, 0.1) is 64.1 Å². The quantitative estimate of drug-likeness (QED) is 0.0438. The molecule has 1 aliphatic rings. The van der Waals surface area contributed by atoms with Crippen LogP contribution in [0.5, 0.6) is 0 Å². The van der Waals surface area contributed by atoms with Gasteiger partial charge in [0.25, 0.3) is 0 Å². The summed E-state index contributed by atoms with van der Waals surface area (Å²) in [5.74, 6) is -11.7. The van der Waals surface area contributed by atoms with Gasteiger partial charge in [-0.05, 0) is 19.3 Å². The minimum Gasteiger partial charge on any atom is -0.481 e. The minimum atomic E-state index is -1.91. The van der Waals surface area contributed by atoms with Gasteiger partial charge in [-0.15, -0.1) is 0 Å². The molecule has 23 heteroatoms. The number of nitrogens with two attached hydrogens (primary N) is 2. The summed E-state index contributed by atoms with van der Waals surface area (Å²) in [4.78, 5) is 103. The van der Waals surface area contributed by atoms with Gasteiger partial charge in [0.1, 0.15) is 0 Å². The molecule has 0 aromatic rings. The number of hydrogen-bond donors (Lipinski definition) is 11. The lowest BCUT2D eigenvalue weighted by Gasteiger charge is -2.59. The summed E-state index contributed by atoms with van der Waals surface area (Å²) < 4.78 is 0. The van der Waals surface area contributed by atoms with Crippen LogP contribution in [0.4, 0.5) is 0 Å². The zero-order valence-electron chi connectivity index (χ0n) is 27.5. The van der Waals surface area contributed by atoms with Crippen LogP contribution in [0.15, 0.2) is 0 Å². The average Bonchev–Trinajstić information content (AvgIpc) is 2.90. The van der Waals surface area contributed by atoms with Gasteiger partial charge in [0.15, 0.2) is 0 Å². The lowest BCUT2D eigenvalue weighted by molar-refractivity contribution is -0.176. The molecule has 0 heterocycles. The molecule has 0 aliphatic heterocycles. The molecule has 1 aliphatic carbocycles. The largest absolute Gasteiger partial charge is 0.481 e. The first-order valence-electron chi connectivity index (χ1n) is 15.1. The molecule has 0 saturated heterocycles. The fraction of sp³-hybridized carbons (Fsp3) is 0.679. The number of carboxylic acids is 9. The fourth-order valence-electron chi connectivity index (χ4n) is 6.35. The van der Waals surface area contributed by atoms with E-state index in [0.717, 1.165) is 9.80 Å². The number of carboxylic acid groups (broad SMARTS) is 9. The van der Waals surface area contributed by atoms with Gasteiger partial charge < -0.3 is 57.4 Å². The van der Waals surface area contributed by atoms with Crippen molar-refractivity contribution in [1.82, 2.24) is 14.7 Å². The maximum atomic E-state index is 11.4. The first-order valence-corrected chi connectivity index (χ1v) is 15.1. The zero-order chi connectivity index (χ0) is 39.7. The van der Waals surface area contributed by atoms with Crippen molar-refractivity contribution in [3.8, 4) is 0 Å². The molecule has 290 valence electrons. The summed E-state index contributed by atoms with van der Waals surface area (Å²) in [7, 11) is 0. The van der Waals surface area contributed by atoms with Crippen LogP contribution in [0, 0.1) is 10.8 Å². The van der Waals surface area contributed by atoms with E-state index in [2.05, 4.69) is 0 Å². The molecule has 1 saturated carbocycles. The van der Waals surface area contributed by atoms with Gasteiger partial charge in [0.2, 0.25) is 0 Å². The van der Waals surface area contributed by atoms with Crippen molar-refractivity contribution >= 4 is 53.7 Å².